The number of rotatable bonds is 3. The van der Waals surface area contributed by atoms with Crippen LogP contribution in [-0.2, 0) is 0 Å². The van der Waals surface area contributed by atoms with Crippen molar-refractivity contribution in [2.45, 2.75) is 39.5 Å². The molecule has 0 unspecified atom stereocenters. The quantitative estimate of drug-likeness (QED) is 0.931. The Hall–Kier alpha value is -2.43. The zero-order chi connectivity index (χ0) is 16.9. The highest BCUT2D eigenvalue weighted by atomic mass is 16.2. The predicted octanol–water partition coefficient (Wildman–Crippen LogP) is 3.85. The first kappa shape index (κ1) is 16.4. The van der Waals surface area contributed by atoms with Crippen LogP contribution < -0.4 is 5.32 Å². The number of hydrogen-bond donors (Lipinski definition) is 1. The molecule has 24 heavy (non-hydrogen) atoms. The lowest BCUT2D eigenvalue weighted by Gasteiger charge is -2.19. The van der Waals surface area contributed by atoms with Crippen molar-refractivity contribution in [3.63, 3.8) is 0 Å². The van der Waals surface area contributed by atoms with Crippen LogP contribution >= 0.6 is 0 Å². The molecule has 3 rings (SSSR count). The van der Waals surface area contributed by atoms with Gasteiger partial charge in [0.25, 0.3) is 5.91 Å². The molecule has 126 valence electrons. The molecule has 1 saturated heterocycles. The number of nitrogens with zero attached hydrogens (tertiary/aromatic N) is 3. The second kappa shape index (κ2) is 7.43. The van der Waals surface area contributed by atoms with Crippen LogP contribution in [0, 0.1) is 13.8 Å². The zero-order valence-electron chi connectivity index (χ0n) is 14.4. The molecule has 0 bridgehead atoms. The van der Waals surface area contributed by atoms with Gasteiger partial charge in [-0.3, -0.25) is 4.79 Å². The number of aryl methyl sites for hydroxylation is 2. The van der Waals surface area contributed by atoms with Crippen LogP contribution in [-0.4, -0.2) is 33.9 Å². The molecule has 1 aromatic heterocycles. The van der Waals surface area contributed by atoms with Gasteiger partial charge in [0.15, 0.2) is 0 Å². The second-order valence-corrected chi connectivity index (χ2v) is 6.42. The Balaban J connectivity index is 1.75. The van der Waals surface area contributed by atoms with Gasteiger partial charge >= 0.3 is 0 Å². The molecule has 1 aliphatic heterocycles. The number of carbonyl (C=O) groups excluding carboxylic acids is 1. The van der Waals surface area contributed by atoms with Crippen LogP contribution in [0.15, 0.2) is 30.6 Å². The molecule has 2 heterocycles. The van der Waals surface area contributed by atoms with Gasteiger partial charge in [0.2, 0.25) is 0 Å². The molecule has 0 spiro atoms. The van der Waals surface area contributed by atoms with Crippen molar-refractivity contribution in [3.8, 4) is 0 Å². The summed E-state index contributed by atoms with van der Waals surface area (Å²) in [5, 5.41) is 3.26. The van der Waals surface area contributed by atoms with Crippen molar-refractivity contribution >= 4 is 17.4 Å². The first-order valence-electron chi connectivity index (χ1n) is 8.59. The van der Waals surface area contributed by atoms with Crippen molar-refractivity contribution in [3.05, 3.63) is 47.4 Å². The molecule has 2 aromatic rings. The maximum absolute atomic E-state index is 12.7. The van der Waals surface area contributed by atoms with Gasteiger partial charge in [-0.2, -0.15) is 0 Å². The fourth-order valence-electron chi connectivity index (χ4n) is 2.95. The Morgan fingerprint density at radius 1 is 1.00 bits per heavy atom. The molecular weight excluding hydrogens is 300 g/mol. The lowest BCUT2D eigenvalue weighted by atomic mass is 10.1. The van der Waals surface area contributed by atoms with Crippen LogP contribution in [0.2, 0.25) is 0 Å². The number of anilines is 2. The minimum absolute atomic E-state index is 0.00226. The van der Waals surface area contributed by atoms with E-state index >= 15 is 0 Å². The summed E-state index contributed by atoms with van der Waals surface area (Å²) < 4.78 is 0. The lowest BCUT2D eigenvalue weighted by molar-refractivity contribution is 0.0755. The van der Waals surface area contributed by atoms with E-state index in [0.717, 1.165) is 31.6 Å². The standard InChI is InChI=1S/C19H24N4O/c1-14-7-8-16(11-15(14)2)22-18-12-17(20-13-21-18)19(24)23-9-5-3-4-6-10-23/h7-8,11-13H,3-6,9-10H2,1-2H3,(H,20,21,22). The number of likely N-dealkylation sites (tertiary alicyclic amines) is 1. The number of amides is 1. The van der Waals surface area contributed by atoms with Gasteiger partial charge < -0.3 is 10.2 Å². The Labute approximate surface area is 143 Å². The molecule has 5 heteroatoms. The van der Waals surface area contributed by atoms with Crippen molar-refractivity contribution < 1.29 is 4.79 Å². The fourth-order valence-corrected chi connectivity index (χ4v) is 2.95. The topological polar surface area (TPSA) is 58.1 Å². The molecule has 5 nitrogen and oxygen atoms in total. The van der Waals surface area contributed by atoms with E-state index in [1.165, 1.54) is 30.3 Å². The van der Waals surface area contributed by atoms with E-state index in [1.54, 1.807) is 6.07 Å². The molecule has 1 aromatic carbocycles. The van der Waals surface area contributed by atoms with Crippen LogP contribution in [0.25, 0.3) is 0 Å². The SMILES string of the molecule is Cc1ccc(Nc2cc(C(=O)N3CCCCCC3)ncn2)cc1C. The van der Waals surface area contributed by atoms with Gasteiger partial charge in [-0.15, -0.1) is 0 Å². The fraction of sp³-hybridized carbons (Fsp3) is 0.421. The van der Waals surface area contributed by atoms with Crippen LogP contribution in [0.5, 0.6) is 0 Å². The summed E-state index contributed by atoms with van der Waals surface area (Å²) >= 11 is 0. The predicted molar refractivity (Wildman–Crippen MR) is 95.6 cm³/mol. The molecule has 1 amide bonds. The molecule has 0 radical (unpaired) electrons. The van der Waals surface area contributed by atoms with Gasteiger partial charge in [-0.25, -0.2) is 9.97 Å². The third-order valence-corrected chi connectivity index (χ3v) is 4.56. The largest absolute Gasteiger partial charge is 0.340 e. The minimum Gasteiger partial charge on any atom is -0.340 e. The summed E-state index contributed by atoms with van der Waals surface area (Å²) in [5.74, 6) is 0.647. The van der Waals surface area contributed by atoms with E-state index in [0.29, 0.717) is 11.5 Å². The van der Waals surface area contributed by atoms with E-state index in [1.807, 2.05) is 11.0 Å². The van der Waals surface area contributed by atoms with E-state index in [4.69, 9.17) is 0 Å². The van der Waals surface area contributed by atoms with E-state index in [-0.39, 0.29) is 5.91 Å². The zero-order valence-corrected chi connectivity index (χ0v) is 14.4. The molecule has 1 fully saturated rings. The van der Waals surface area contributed by atoms with Crippen LogP contribution in [0.3, 0.4) is 0 Å². The van der Waals surface area contributed by atoms with Gasteiger partial charge in [-0.1, -0.05) is 18.9 Å². The molecule has 0 aliphatic carbocycles. The maximum Gasteiger partial charge on any atom is 0.272 e. The molecule has 0 saturated carbocycles. The average molecular weight is 324 g/mol. The first-order valence-corrected chi connectivity index (χ1v) is 8.59. The normalized spacial score (nSPS) is 15.0. The maximum atomic E-state index is 12.7. The van der Waals surface area contributed by atoms with Crippen molar-refractivity contribution in [1.82, 2.24) is 14.9 Å². The Kier molecular flexibility index (Phi) is 5.08. The molecule has 1 N–H and O–H groups in total. The van der Waals surface area contributed by atoms with Crippen LogP contribution in [0.4, 0.5) is 11.5 Å². The highest BCUT2D eigenvalue weighted by Crippen LogP contribution is 2.19. The van der Waals surface area contributed by atoms with E-state index in [9.17, 15) is 4.79 Å². The second-order valence-electron chi connectivity index (χ2n) is 6.42. The number of carbonyl (C=O) groups is 1. The van der Waals surface area contributed by atoms with E-state index in [2.05, 4.69) is 41.3 Å². The molecular formula is C19H24N4O. The minimum atomic E-state index is 0.00226. The average Bonchev–Trinajstić information content (AvgIpc) is 2.87. The Morgan fingerprint density at radius 3 is 2.46 bits per heavy atom. The summed E-state index contributed by atoms with van der Waals surface area (Å²) in [6.07, 6.45) is 6.00. The van der Waals surface area contributed by atoms with Gasteiger partial charge in [0, 0.05) is 24.8 Å². The van der Waals surface area contributed by atoms with Crippen molar-refractivity contribution in [2.24, 2.45) is 0 Å². The van der Waals surface area contributed by atoms with Crippen molar-refractivity contribution in [2.75, 3.05) is 18.4 Å². The third-order valence-electron chi connectivity index (χ3n) is 4.56. The number of benzene rings is 1. The molecule has 0 atom stereocenters. The number of aromatic nitrogens is 2. The monoisotopic (exact) mass is 324 g/mol. The van der Waals surface area contributed by atoms with Gasteiger partial charge in [-0.05, 0) is 49.9 Å². The van der Waals surface area contributed by atoms with Crippen molar-refractivity contribution in [1.29, 1.82) is 0 Å². The summed E-state index contributed by atoms with van der Waals surface area (Å²) in [7, 11) is 0. The highest BCUT2D eigenvalue weighted by molar-refractivity contribution is 5.93. The Bertz CT molecular complexity index is 721. The summed E-state index contributed by atoms with van der Waals surface area (Å²) in [5.41, 5.74) is 3.89. The summed E-state index contributed by atoms with van der Waals surface area (Å²) in [6.45, 7) is 5.81. The first-order chi connectivity index (χ1) is 11.6. The third kappa shape index (κ3) is 3.91. The number of hydrogen-bond acceptors (Lipinski definition) is 4. The highest BCUT2D eigenvalue weighted by Gasteiger charge is 2.19. The lowest BCUT2D eigenvalue weighted by Crippen LogP contribution is -2.32. The number of nitrogens with one attached hydrogen (secondary N) is 1. The summed E-state index contributed by atoms with van der Waals surface area (Å²) in [4.78, 5) is 23.0. The van der Waals surface area contributed by atoms with Crippen LogP contribution in [0.1, 0.15) is 47.3 Å². The molecule has 1 aliphatic rings. The van der Waals surface area contributed by atoms with Gasteiger partial charge in [0.05, 0.1) is 0 Å². The summed E-state index contributed by atoms with van der Waals surface area (Å²) in [6, 6.07) is 7.90. The van der Waals surface area contributed by atoms with Gasteiger partial charge in [0.1, 0.15) is 17.8 Å². The Morgan fingerprint density at radius 2 is 1.75 bits per heavy atom. The van der Waals surface area contributed by atoms with E-state index < -0.39 is 0 Å². The smallest absolute Gasteiger partial charge is 0.272 e.